The summed E-state index contributed by atoms with van der Waals surface area (Å²) >= 11 is 3.29. The van der Waals surface area contributed by atoms with E-state index in [4.69, 9.17) is 0 Å². The van der Waals surface area contributed by atoms with E-state index in [2.05, 4.69) is 37.8 Å². The Balaban J connectivity index is 2.38. The van der Waals surface area contributed by atoms with Gasteiger partial charge in [0.05, 0.1) is 11.8 Å². The quantitative estimate of drug-likeness (QED) is 0.927. The second-order valence-corrected chi connectivity index (χ2v) is 4.38. The van der Waals surface area contributed by atoms with E-state index in [9.17, 15) is 0 Å². The molecule has 0 saturated carbocycles. The van der Waals surface area contributed by atoms with Gasteiger partial charge < -0.3 is 9.88 Å². The van der Waals surface area contributed by atoms with E-state index in [1.165, 1.54) is 0 Å². The van der Waals surface area contributed by atoms with E-state index in [0.29, 0.717) is 6.54 Å². The molecule has 5 heteroatoms. The van der Waals surface area contributed by atoms with Crippen LogP contribution in [-0.2, 0) is 7.05 Å². The van der Waals surface area contributed by atoms with E-state index < -0.39 is 0 Å². The van der Waals surface area contributed by atoms with Gasteiger partial charge in [0, 0.05) is 24.3 Å². The van der Waals surface area contributed by atoms with Gasteiger partial charge in [-0.25, -0.2) is 9.97 Å². The third-order valence-corrected chi connectivity index (χ3v) is 2.37. The summed E-state index contributed by atoms with van der Waals surface area (Å²) in [4.78, 5) is 8.53. The molecule has 0 unspecified atom stereocenters. The Morgan fingerprint density at radius 1 is 1.60 bits per heavy atom. The molecule has 0 aliphatic carbocycles. The van der Waals surface area contributed by atoms with Crippen LogP contribution in [0.25, 0.3) is 11.0 Å². The number of fused-ring (bicyclic) bond motifs is 1. The molecule has 1 N–H and O–H groups in total. The van der Waals surface area contributed by atoms with Crippen molar-refractivity contribution in [1.29, 1.82) is 0 Å². The fraction of sp³-hybridized carbons (Fsp3) is 0.200. The van der Waals surface area contributed by atoms with Crippen molar-refractivity contribution in [1.82, 2.24) is 14.5 Å². The zero-order valence-corrected chi connectivity index (χ0v) is 9.95. The molecule has 2 aromatic heterocycles. The molecule has 0 fully saturated rings. The van der Waals surface area contributed by atoms with Crippen LogP contribution in [0.1, 0.15) is 0 Å². The normalized spacial score (nSPS) is 10.5. The maximum atomic E-state index is 4.29. The second-order valence-electron chi connectivity index (χ2n) is 3.25. The van der Waals surface area contributed by atoms with Crippen LogP contribution in [0, 0.1) is 0 Å². The summed E-state index contributed by atoms with van der Waals surface area (Å²) < 4.78 is 2.85. The zero-order chi connectivity index (χ0) is 10.8. The van der Waals surface area contributed by atoms with Gasteiger partial charge in [-0.3, -0.25) is 0 Å². The molecule has 0 atom stereocenters. The van der Waals surface area contributed by atoms with Gasteiger partial charge >= 0.3 is 0 Å². The summed E-state index contributed by atoms with van der Waals surface area (Å²) in [5, 5.41) is 3.17. The predicted octanol–water partition coefficient (Wildman–Crippen LogP) is 2.29. The number of anilines is 1. The molecule has 4 nitrogen and oxygen atoms in total. The number of hydrogen-bond donors (Lipinski definition) is 1. The van der Waals surface area contributed by atoms with Crippen LogP contribution in [0.2, 0.25) is 0 Å². The van der Waals surface area contributed by atoms with Crippen molar-refractivity contribution < 1.29 is 0 Å². The highest BCUT2D eigenvalue weighted by Gasteiger charge is 2.05. The Morgan fingerprint density at radius 3 is 3.13 bits per heavy atom. The van der Waals surface area contributed by atoms with Gasteiger partial charge in [-0.05, 0) is 6.07 Å². The minimum atomic E-state index is 0.642. The zero-order valence-electron chi connectivity index (χ0n) is 8.37. The third-order valence-electron chi connectivity index (χ3n) is 2.09. The number of rotatable bonds is 3. The van der Waals surface area contributed by atoms with Gasteiger partial charge in [-0.1, -0.05) is 22.5 Å². The van der Waals surface area contributed by atoms with Crippen molar-refractivity contribution in [3.8, 4) is 0 Å². The number of nitrogens with zero attached hydrogens (tertiary/aromatic N) is 3. The Hall–Kier alpha value is -1.36. The molecule has 2 rings (SSSR count). The van der Waals surface area contributed by atoms with Crippen molar-refractivity contribution in [2.75, 3.05) is 11.9 Å². The third kappa shape index (κ3) is 2.02. The number of aryl methyl sites for hydroxylation is 1. The molecule has 2 aromatic rings. The van der Waals surface area contributed by atoms with E-state index in [-0.39, 0.29) is 0 Å². The molecule has 0 aromatic carbocycles. The molecule has 0 aliphatic rings. The monoisotopic (exact) mass is 266 g/mol. The molecule has 15 heavy (non-hydrogen) atoms. The van der Waals surface area contributed by atoms with Crippen molar-refractivity contribution in [3.63, 3.8) is 0 Å². The number of hydrogen-bond acceptors (Lipinski definition) is 3. The Kier molecular flexibility index (Phi) is 2.73. The SMILES string of the molecule is C=C(Br)CNc1nccc2c1ncn2C. The van der Waals surface area contributed by atoms with E-state index in [1.54, 1.807) is 12.5 Å². The first-order chi connectivity index (χ1) is 7.18. The first-order valence-electron chi connectivity index (χ1n) is 4.51. The summed E-state index contributed by atoms with van der Waals surface area (Å²) in [6.45, 7) is 4.40. The minimum Gasteiger partial charge on any atom is -0.364 e. The first-order valence-corrected chi connectivity index (χ1v) is 5.31. The molecule has 0 radical (unpaired) electrons. The summed E-state index contributed by atoms with van der Waals surface area (Å²) in [5.74, 6) is 0.786. The standard InChI is InChI=1S/C10H11BrN4/c1-7(11)5-13-10-9-8(3-4-12-10)15(2)6-14-9/h3-4,6H,1,5H2,2H3,(H,12,13). The number of pyridine rings is 1. The van der Waals surface area contributed by atoms with Crippen molar-refractivity contribution >= 4 is 32.8 Å². The second kappa shape index (κ2) is 4.02. The van der Waals surface area contributed by atoms with Gasteiger partial charge in [0.25, 0.3) is 0 Å². The van der Waals surface area contributed by atoms with Crippen LogP contribution in [0.5, 0.6) is 0 Å². The van der Waals surface area contributed by atoms with Crippen LogP contribution in [0.3, 0.4) is 0 Å². The van der Waals surface area contributed by atoms with Crippen molar-refractivity contribution in [2.24, 2.45) is 7.05 Å². The summed E-state index contributed by atoms with van der Waals surface area (Å²) in [6.07, 6.45) is 3.55. The largest absolute Gasteiger partial charge is 0.364 e. The molecule has 0 spiro atoms. The summed E-state index contributed by atoms with van der Waals surface area (Å²) in [5.41, 5.74) is 1.95. The van der Waals surface area contributed by atoms with Crippen LogP contribution in [0.4, 0.5) is 5.82 Å². The minimum absolute atomic E-state index is 0.642. The van der Waals surface area contributed by atoms with E-state index in [0.717, 1.165) is 21.3 Å². The van der Waals surface area contributed by atoms with Crippen LogP contribution >= 0.6 is 15.9 Å². The number of imidazole rings is 1. The smallest absolute Gasteiger partial charge is 0.154 e. The van der Waals surface area contributed by atoms with Crippen LogP contribution in [0.15, 0.2) is 29.7 Å². The highest BCUT2D eigenvalue weighted by atomic mass is 79.9. The maximum Gasteiger partial charge on any atom is 0.154 e. The lowest BCUT2D eigenvalue weighted by Gasteiger charge is -2.04. The molecule has 2 heterocycles. The predicted molar refractivity (Wildman–Crippen MR) is 65.1 cm³/mol. The molecule has 0 aliphatic heterocycles. The molecular formula is C10H11BrN4. The molecule has 0 bridgehead atoms. The van der Waals surface area contributed by atoms with Gasteiger partial charge in [0.1, 0.15) is 5.52 Å². The lowest BCUT2D eigenvalue weighted by Crippen LogP contribution is -2.03. The Bertz CT molecular complexity index is 503. The maximum absolute atomic E-state index is 4.29. The van der Waals surface area contributed by atoms with Crippen molar-refractivity contribution in [3.05, 3.63) is 29.7 Å². The Labute approximate surface area is 96.2 Å². The first kappa shape index (κ1) is 10.2. The molecule has 78 valence electrons. The van der Waals surface area contributed by atoms with Gasteiger partial charge in [0.15, 0.2) is 5.82 Å². The average molecular weight is 267 g/mol. The van der Waals surface area contributed by atoms with Gasteiger partial charge in [-0.2, -0.15) is 0 Å². The molecule has 0 saturated heterocycles. The number of halogens is 1. The average Bonchev–Trinajstić information content (AvgIpc) is 2.58. The molecular weight excluding hydrogens is 256 g/mol. The van der Waals surface area contributed by atoms with Crippen LogP contribution in [-0.4, -0.2) is 21.1 Å². The number of nitrogens with one attached hydrogen (secondary N) is 1. The fourth-order valence-corrected chi connectivity index (χ4v) is 1.51. The lowest BCUT2D eigenvalue weighted by molar-refractivity contribution is 0.947. The van der Waals surface area contributed by atoms with E-state index >= 15 is 0 Å². The van der Waals surface area contributed by atoms with Gasteiger partial charge in [0.2, 0.25) is 0 Å². The topological polar surface area (TPSA) is 42.7 Å². The lowest BCUT2D eigenvalue weighted by atomic mass is 10.4. The number of aromatic nitrogens is 3. The molecule has 0 amide bonds. The Morgan fingerprint density at radius 2 is 2.40 bits per heavy atom. The highest BCUT2D eigenvalue weighted by molar-refractivity contribution is 9.11. The summed E-state index contributed by atoms with van der Waals surface area (Å²) in [6, 6.07) is 1.94. The van der Waals surface area contributed by atoms with Crippen LogP contribution < -0.4 is 5.32 Å². The van der Waals surface area contributed by atoms with E-state index in [1.807, 2.05) is 17.7 Å². The highest BCUT2D eigenvalue weighted by Crippen LogP contribution is 2.18. The van der Waals surface area contributed by atoms with Gasteiger partial charge in [-0.15, -0.1) is 0 Å². The fourth-order valence-electron chi connectivity index (χ4n) is 1.37. The summed E-state index contributed by atoms with van der Waals surface area (Å²) in [7, 11) is 1.96. The van der Waals surface area contributed by atoms with Crippen molar-refractivity contribution in [2.45, 2.75) is 0 Å².